The van der Waals surface area contributed by atoms with Crippen LogP contribution in [-0.4, -0.2) is 54.4 Å². The van der Waals surface area contributed by atoms with E-state index in [1.54, 1.807) is 6.92 Å². The van der Waals surface area contributed by atoms with Gasteiger partial charge in [-0.2, -0.15) is 0 Å². The van der Waals surface area contributed by atoms with Gasteiger partial charge in [-0.05, 0) is 12.5 Å². The average Bonchev–Trinajstić information content (AvgIpc) is 2.61. The highest BCUT2D eigenvalue weighted by Crippen LogP contribution is 2.21. The number of hydrogen-bond donors (Lipinski definition) is 2. The Morgan fingerprint density at radius 1 is 1.20 bits per heavy atom. The van der Waals surface area contributed by atoms with E-state index in [0.29, 0.717) is 24.7 Å². The molecule has 8 heteroatoms. The molecular weight excluding hydrogens is 362 g/mol. The summed E-state index contributed by atoms with van der Waals surface area (Å²) in [6.07, 6.45) is 0.143. The molecule has 1 atom stereocenters. The van der Waals surface area contributed by atoms with E-state index >= 15 is 0 Å². The molecule has 1 amide bonds. The van der Waals surface area contributed by atoms with Crippen molar-refractivity contribution in [3.05, 3.63) is 35.9 Å². The Hall–Kier alpha value is -1.22. The first-order valence-electron chi connectivity index (χ1n) is 7.89. The minimum atomic E-state index is -1.05. The van der Waals surface area contributed by atoms with Gasteiger partial charge in [0.15, 0.2) is 5.60 Å². The van der Waals surface area contributed by atoms with Gasteiger partial charge in [-0.15, -0.1) is 0 Å². The molecule has 1 aromatic carbocycles. The van der Waals surface area contributed by atoms with Gasteiger partial charge < -0.3 is 19.9 Å². The van der Waals surface area contributed by atoms with Crippen molar-refractivity contribution in [1.82, 2.24) is 5.32 Å². The molecule has 140 valence electrons. The fraction of sp³-hybridized carbons (Fsp3) is 0.529. The second-order valence-corrected chi connectivity index (χ2v) is 8.16. The van der Waals surface area contributed by atoms with E-state index in [-0.39, 0.29) is 18.9 Å². The maximum absolute atomic E-state index is 12.3. The van der Waals surface area contributed by atoms with Crippen LogP contribution < -0.4 is 5.32 Å². The zero-order valence-corrected chi connectivity index (χ0v) is 16.2. The van der Waals surface area contributed by atoms with Crippen LogP contribution >= 0.6 is 21.6 Å². The van der Waals surface area contributed by atoms with Crippen LogP contribution in [0.2, 0.25) is 0 Å². The molecule has 1 rings (SSSR count). The van der Waals surface area contributed by atoms with E-state index in [2.05, 4.69) is 5.32 Å². The average molecular weight is 388 g/mol. The van der Waals surface area contributed by atoms with Gasteiger partial charge in [0.05, 0.1) is 19.6 Å². The summed E-state index contributed by atoms with van der Waals surface area (Å²) >= 11 is 0. The van der Waals surface area contributed by atoms with Crippen LogP contribution in [0.4, 0.5) is 0 Å². The first kappa shape index (κ1) is 21.8. The van der Waals surface area contributed by atoms with Crippen LogP contribution in [0.3, 0.4) is 0 Å². The van der Waals surface area contributed by atoms with Crippen molar-refractivity contribution in [2.75, 3.05) is 31.8 Å². The van der Waals surface area contributed by atoms with Gasteiger partial charge in [0, 0.05) is 25.2 Å². The minimum Gasteiger partial charge on any atom is -0.481 e. The number of benzene rings is 1. The smallest absolute Gasteiger partial charge is 0.304 e. The third-order valence-corrected chi connectivity index (χ3v) is 5.78. The van der Waals surface area contributed by atoms with E-state index in [9.17, 15) is 9.59 Å². The maximum Gasteiger partial charge on any atom is 0.304 e. The van der Waals surface area contributed by atoms with Crippen LogP contribution in [0.15, 0.2) is 30.3 Å². The van der Waals surface area contributed by atoms with Crippen LogP contribution in [0.5, 0.6) is 0 Å². The molecule has 0 saturated carbocycles. The number of ether oxygens (including phenoxy) is 2. The summed E-state index contributed by atoms with van der Waals surface area (Å²) in [6.45, 7) is 2.76. The second kappa shape index (κ2) is 12.2. The Morgan fingerprint density at radius 2 is 1.88 bits per heavy atom. The molecule has 25 heavy (non-hydrogen) atoms. The second-order valence-electron chi connectivity index (χ2n) is 5.46. The van der Waals surface area contributed by atoms with Crippen molar-refractivity contribution in [3.8, 4) is 0 Å². The normalized spacial score (nSPS) is 13.2. The number of carbonyl (C=O) groups is 2. The van der Waals surface area contributed by atoms with Gasteiger partial charge in [0.1, 0.15) is 0 Å². The monoisotopic (exact) mass is 387 g/mol. The number of nitrogens with one attached hydrogen (secondary N) is 1. The maximum atomic E-state index is 12.3. The summed E-state index contributed by atoms with van der Waals surface area (Å²) in [6, 6.07) is 9.74. The van der Waals surface area contributed by atoms with E-state index < -0.39 is 11.6 Å². The minimum absolute atomic E-state index is 0.143. The molecule has 0 aliphatic heterocycles. The molecule has 1 aromatic rings. The highest BCUT2D eigenvalue weighted by atomic mass is 33.1. The first-order chi connectivity index (χ1) is 12.0. The molecule has 2 N–H and O–H groups in total. The molecule has 0 heterocycles. The van der Waals surface area contributed by atoms with Gasteiger partial charge in [-0.25, -0.2) is 0 Å². The van der Waals surface area contributed by atoms with E-state index in [4.69, 9.17) is 14.6 Å². The van der Waals surface area contributed by atoms with Crippen molar-refractivity contribution >= 4 is 33.5 Å². The number of carboxylic acid groups (broad SMARTS) is 1. The predicted octanol–water partition coefficient (Wildman–Crippen LogP) is 2.58. The van der Waals surface area contributed by atoms with Gasteiger partial charge in [0.25, 0.3) is 5.91 Å². The third kappa shape index (κ3) is 9.15. The number of amides is 1. The molecule has 0 saturated heterocycles. The summed E-state index contributed by atoms with van der Waals surface area (Å²) < 4.78 is 11.0. The fourth-order valence-corrected chi connectivity index (χ4v) is 3.68. The van der Waals surface area contributed by atoms with Crippen LogP contribution in [0, 0.1) is 0 Å². The highest BCUT2D eigenvalue weighted by Gasteiger charge is 2.33. The van der Waals surface area contributed by atoms with E-state index in [1.807, 2.05) is 30.3 Å². The predicted molar refractivity (Wildman–Crippen MR) is 102 cm³/mol. The van der Waals surface area contributed by atoms with Gasteiger partial charge in [0.2, 0.25) is 0 Å². The number of aliphatic carboxylic acids is 1. The Labute approximate surface area is 156 Å². The summed E-state index contributed by atoms with van der Waals surface area (Å²) in [5.74, 6) is 0.226. The lowest BCUT2D eigenvalue weighted by Gasteiger charge is -2.26. The van der Waals surface area contributed by atoms with Crippen molar-refractivity contribution in [2.24, 2.45) is 0 Å². The Morgan fingerprint density at radius 3 is 2.52 bits per heavy atom. The highest BCUT2D eigenvalue weighted by molar-refractivity contribution is 8.76. The molecule has 6 nitrogen and oxygen atoms in total. The number of hydrogen-bond acceptors (Lipinski definition) is 6. The first-order valence-corrected chi connectivity index (χ1v) is 10.4. The number of carbonyl (C=O) groups excluding carboxylic acids is 1. The molecule has 0 spiro atoms. The van der Waals surface area contributed by atoms with E-state index in [0.717, 1.165) is 5.56 Å². The largest absolute Gasteiger partial charge is 0.481 e. The standard InChI is InChI=1S/C17H25NO5S2/c1-17(22-2,13-23-12-14-6-4-3-5-7-14)16(21)18-9-11-25-24-10-8-15(19)20/h3-7H,8-13H2,1-2H3,(H,18,21)(H,19,20). The molecule has 0 fully saturated rings. The van der Waals surface area contributed by atoms with Gasteiger partial charge in [-0.1, -0.05) is 51.9 Å². The van der Waals surface area contributed by atoms with Crippen molar-refractivity contribution < 1.29 is 24.2 Å². The van der Waals surface area contributed by atoms with Crippen molar-refractivity contribution in [3.63, 3.8) is 0 Å². The molecule has 1 unspecified atom stereocenters. The molecular formula is C17H25NO5S2. The fourth-order valence-electron chi connectivity index (χ4n) is 1.80. The SMILES string of the molecule is COC(C)(COCc1ccccc1)C(=O)NCCSSCCC(=O)O. The summed E-state index contributed by atoms with van der Waals surface area (Å²) in [7, 11) is 4.51. The summed E-state index contributed by atoms with van der Waals surface area (Å²) in [4.78, 5) is 22.7. The Bertz CT molecular complexity index is 529. The molecule has 0 bridgehead atoms. The lowest BCUT2D eigenvalue weighted by molar-refractivity contribution is -0.149. The lowest BCUT2D eigenvalue weighted by Crippen LogP contribution is -2.49. The zero-order chi connectivity index (χ0) is 18.5. The molecule has 0 aliphatic carbocycles. The summed E-state index contributed by atoms with van der Waals surface area (Å²) in [5.41, 5.74) is -0.00764. The number of rotatable bonds is 13. The van der Waals surface area contributed by atoms with Crippen LogP contribution in [0.25, 0.3) is 0 Å². The Balaban J connectivity index is 2.23. The van der Waals surface area contributed by atoms with Crippen molar-refractivity contribution in [2.45, 2.75) is 25.6 Å². The van der Waals surface area contributed by atoms with Gasteiger partial charge >= 0.3 is 5.97 Å². The van der Waals surface area contributed by atoms with Crippen LogP contribution in [0.1, 0.15) is 18.9 Å². The topological polar surface area (TPSA) is 84.9 Å². The number of methoxy groups -OCH3 is 1. The quantitative estimate of drug-likeness (QED) is 0.397. The number of carboxylic acids is 1. The third-order valence-electron chi connectivity index (χ3n) is 3.37. The van der Waals surface area contributed by atoms with Crippen molar-refractivity contribution in [1.29, 1.82) is 0 Å². The molecule has 0 aliphatic rings. The van der Waals surface area contributed by atoms with Gasteiger partial charge in [-0.3, -0.25) is 9.59 Å². The Kier molecular flexibility index (Phi) is 10.6. The summed E-state index contributed by atoms with van der Waals surface area (Å²) in [5, 5.41) is 11.4. The zero-order valence-electron chi connectivity index (χ0n) is 14.5. The molecule has 0 aromatic heterocycles. The van der Waals surface area contributed by atoms with E-state index in [1.165, 1.54) is 28.7 Å². The lowest BCUT2D eigenvalue weighted by atomic mass is 10.1. The molecule has 0 radical (unpaired) electrons. The van der Waals surface area contributed by atoms with Crippen LogP contribution in [-0.2, 0) is 25.7 Å².